The molecule has 1 heterocycles. The monoisotopic (exact) mass is 263 g/mol. The van der Waals surface area contributed by atoms with Crippen molar-refractivity contribution >= 4 is 28.6 Å². The van der Waals surface area contributed by atoms with Crippen LogP contribution < -0.4 is 4.90 Å². The predicted molar refractivity (Wildman–Crippen MR) is 76.4 cm³/mol. The maximum absolute atomic E-state index is 5.82. The molecule has 0 atom stereocenters. The molecule has 4 heteroatoms. The quantitative estimate of drug-likeness (QED) is 0.837. The van der Waals surface area contributed by atoms with Crippen LogP contribution in [0.15, 0.2) is 24.3 Å². The third-order valence-electron chi connectivity index (χ3n) is 3.70. The lowest BCUT2D eigenvalue weighted by atomic mass is 9.91. The van der Waals surface area contributed by atoms with Gasteiger partial charge in [-0.3, -0.25) is 0 Å². The number of nitrogens with zero attached hydrogens (tertiary/aromatic N) is 2. The molecule has 1 aliphatic rings. The molecule has 96 valence electrons. The molecule has 18 heavy (non-hydrogen) atoms. The van der Waals surface area contributed by atoms with Gasteiger partial charge in [-0.05, 0) is 37.8 Å². The standard InChI is InChI=1S/C14H18ClN3/c15-9-4-10-18(11-5-3-6-11)14-16-12-7-1-2-8-13(12)17-14/h1-2,7-8,11H,3-6,9-10H2,(H,16,17). The molecular formula is C14H18ClN3. The number of fused-ring (bicyclic) bond motifs is 1. The molecule has 1 aromatic carbocycles. The molecule has 0 bridgehead atoms. The van der Waals surface area contributed by atoms with Crippen molar-refractivity contribution in [2.45, 2.75) is 31.7 Å². The second-order valence-electron chi connectivity index (χ2n) is 4.90. The van der Waals surface area contributed by atoms with E-state index in [-0.39, 0.29) is 0 Å². The molecule has 1 N–H and O–H groups in total. The zero-order valence-corrected chi connectivity index (χ0v) is 11.2. The Morgan fingerprint density at radius 2 is 2.17 bits per heavy atom. The first-order chi connectivity index (χ1) is 8.88. The SMILES string of the molecule is ClCCCN(c1nc2ccccc2[nH]1)C1CCC1. The predicted octanol–water partition coefficient (Wildman–Crippen LogP) is 3.55. The average Bonchev–Trinajstić information content (AvgIpc) is 2.75. The van der Waals surface area contributed by atoms with E-state index in [1.54, 1.807) is 0 Å². The topological polar surface area (TPSA) is 31.9 Å². The zero-order chi connectivity index (χ0) is 12.4. The highest BCUT2D eigenvalue weighted by Crippen LogP contribution is 2.29. The number of hydrogen-bond acceptors (Lipinski definition) is 2. The molecule has 0 radical (unpaired) electrons. The van der Waals surface area contributed by atoms with Crippen LogP contribution in [0.1, 0.15) is 25.7 Å². The van der Waals surface area contributed by atoms with Gasteiger partial charge < -0.3 is 9.88 Å². The highest BCUT2D eigenvalue weighted by atomic mass is 35.5. The van der Waals surface area contributed by atoms with Crippen LogP contribution in [0.5, 0.6) is 0 Å². The Labute approximate surface area is 112 Å². The van der Waals surface area contributed by atoms with Crippen LogP contribution in [0.3, 0.4) is 0 Å². The van der Waals surface area contributed by atoms with Crippen LogP contribution in [0.25, 0.3) is 11.0 Å². The number of hydrogen-bond donors (Lipinski definition) is 1. The smallest absolute Gasteiger partial charge is 0.204 e. The molecule has 3 rings (SSSR count). The number of aromatic amines is 1. The Morgan fingerprint density at radius 3 is 2.83 bits per heavy atom. The molecule has 0 spiro atoms. The van der Waals surface area contributed by atoms with Crippen LogP contribution in [-0.2, 0) is 0 Å². The fourth-order valence-electron chi connectivity index (χ4n) is 2.47. The molecule has 0 saturated heterocycles. The van der Waals surface area contributed by atoms with E-state index in [0.717, 1.165) is 29.9 Å². The largest absolute Gasteiger partial charge is 0.339 e. The minimum Gasteiger partial charge on any atom is -0.339 e. The minimum atomic E-state index is 0.647. The molecule has 1 aromatic heterocycles. The Bertz CT molecular complexity index is 485. The normalized spacial score (nSPS) is 15.8. The molecule has 2 aromatic rings. The van der Waals surface area contributed by atoms with Crippen molar-refractivity contribution in [3.8, 4) is 0 Å². The molecule has 1 aliphatic carbocycles. The van der Waals surface area contributed by atoms with Gasteiger partial charge in [0.25, 0.3) is 0 Å². The van der Waals surface area contributed by atoms with Gasteiger partial charge >= 0.3 is 0 Å². The third-order valence-corrected chi connectivity index (χ3v) is 3.96. The number of benzene rings is 1. The van der Waals surface area contributed by atoms with Crippen molar-refractivity contribution in [1.82, 2.24) is 9.97 Å². The Hall–Kier alpha value is -1.22. The van der Waals surface area contributed by atoms with Gasteiger partial charge in [-0.2, -0.15) is 0 Å². The van der Waals surface area contributed by atoms with E-state index in [1.165, 1.54) is 19.3 Å². The van der Waals surface area contributed by atoms with Gasteiger partial charge in [0.05, 0.1) is 11.0 Å². The van der Waals surface area contributed by atoms with Gasteiger partial charge in [0.1, 0.15) is 0 Å². The maximum atomic E-state index is 5.82. The number of aromatic nitrogens is 2. The summed E-state index contributed by atoms with van der Waals surface area (Å²) in [5.74, 6) is 1.72. The summed E-state index contributed by atoms with van der Waals surface area (Å²) in [4.78, 5) is 10.5. The van der Waals surface area contributed by atoms with Crippen LogP contribution in [-0.4, -0.2) is 28.4 Å². The zero-order valence-electron chi connectivity index (χ0n) is 10.4. The first-order valence-electron chi connectivity index (χ1n) is 6.66. The van der Waals surface area contributed by atoms with Gasteiger partial charge in [0.2, 0.25) is 5.95 Å². The van der Waals surface area contributed by atoms with E-state index in [1.807, 2.05) is 12.1 Å². The second-order valence-corrected chi connectivity index (χ2v) is 5.28. The van der Waals surface area contributed by atoms with Crippen LogP contribution in [0.2, 0.25) is 0 Å². The van der Waals surface area contributed by atoms with Crippen molar-refractivity contribution in [3.63, 3.8) is 0 Å². The second kappa shape index (κ2) is 5.19. The Morgan fingerprint density at radius 1 is 1.33 bits per heavy atom. The van der Waals surface area contributed by atoms with Crippen molar-refractivity contribution in [2.24, 2.45) is 0 Å². The molecule has 1 saturated carbocycles. The van der Waals surface area contributed by atoms with Gasteiger partial charge in [-0.15, -0.1) is 11.6 Å². The first kappa shape index (κ1) is 11.8. The summed E-state index contributed by atoms with van der Waals surface area (Å²) in [6.07, 6.45) is 4.90. The van der Waals surface area contributed by atoms with E-state index >= 15 is 0 Å². The summed E-state index contributed by atoms with van der Waals surface area (Å²) in [7, 11) is 0. The van der Waals surface area contributed by atoms with Crippen LogP contribution in [0.4, 0.5) is 5.95 Å². The number of H-pyrrole nitrogens is 1. The van der Waals surface area contributed by atoms with Gasteiger partial charge in [-0.1, -0.05) is 12.1 Å². The molecule has 0 unspecified atom stereocenters. The van der Waals surface area contributed by atoms with Crippen molar-refractivity contribution in [3.05, 3.63) is 24.3 Å². The Balaban J connectivity index is 1.87. The third kappa shape index (κ3) is 2.19. The van der Waals surface area contributed by atoms with E-state index < -0.39 is 0 Å². The van der Waals surface area contributed by atoms with Crippen molar-refractivity contribution in [2.75, 3.05) is 17.3 Å². The molecule has 1 fully saturated rings. The summed E-state index contributed by atoms with van der Waals surface area (Å²) in [5.41, 5.74) is 2.16. The maximum Gasteiger partial charge on any atom is 0.204 e. The number of alkyl halides is 1. The molecule has 3 nitrogen and oxygen atoms in total. The highest BCUT2D eigenvalue weighted by molar-refractivity contribution is 6.17. The van der Waals surface area contributed by atoms with Crippen LogP contribution >= 0.6 is 11.6 Å². The number of imidazole rings is 1. The lowest BCUT2D eigenvalue weighted by Gasteiger charge is -2.37. The first-order valence-corrected chi connectivity index (χ1v) is 7.19. The lowest BCUT2D eigenvalue weighted by Crippen LogP contribution is -2.41. The fourth-order valence-corrected chi connectivity index (χ4v) is 2.58. The summed E-state index contributed by atoms with van der Waals surface area (Å²) in [6, 6.07) is 8.84. The number of nitrogens with one attached hydrogen (secondary N) is 1. The van der Waals surface area contributed by atoms with E-state index in [4.69, 9.17) is 16.6 Å². The van der Waals surface area contributed by atoms with Crippen molar-refractivity contribution < 1.29 is 0 Å². The summed E-state index contributed by atoms with van der Waals surface area (Å²) in [5, 5.41) is 0. The number of anilines is 1. The minimum absolute atomic E-state index is 0.647. The number of para-hydroxylation sites is 2. The molecule has 0 aliphatic heterocycles. The van der Waals surface area contributed by atoms with Gasteiger partial charge in [0.15, 0.2) is 0 Å². The Kier molecular flexibility index (Phi) is 3.41. The summed E-state index contributed by atoms with van der Waals surface area (Å²) >= 11 is 5.82. The molecule has 0 amide bonds. The number of rotatable bonds is 5. The van der Waals surface area contributed by atoms with Gasteiger partial charge in [-0.25, -0.2) is 4.98 Å². The van der Waals surface area contributed by atoms with Gasteiger partial charge in [0, 0.05) is 18.5 Å². The van der Waals surface area contributed by atoms with E-state index in [9.17, 15) is 0 Å². The molecular weight excluding hydrogens is 246 g/mol. The van der Waals surface area contributed by atoms with E-state index in [2.05, 4.69) is 22.0 Å². The lowest BCUT2D eigenvalue weighted by molar-refractivity contribution is 0.382. The summed E-state index contributed by atoms with van der Waals surface area (Å²) in [6.45, 7) is 0.994. The van der Waals surface area contributed by atoms with Crippen LogP contribution in [0, 0.1) is 0 Å². The fraction of sp³-hybridized carbons (Fsp3) is 0.500. The number of halogens is 1. The van der Waals surface area contributed by atoms with E-state index in [0.29, 0.717) is 11.9 Å². The summed E-state index contributed by atoms with van der Waals surface area (Å²) < 4.78 is 0. The highest BCUT2D eigenvalue weighted by Gasteiger charge is 2.26. The average molecular weight is 264 g/mol. The van der Waals surface area contributed by atoms with Crippen molar-refractivity contribution in [1.29, 1.82) is 0 Å².